The SMILES string of the molecule is COc1ccc2c(c1)C(O)(c1nccs1)O/C2=C/c1c(Cl)cncc1Cl. The van der Waals surface area contributed by atoms with Gasteiger partial charge in [-0.15, -0.1) is 11.3 Å². The molecular weight excluding hydrogens is 395 g/mol. The minimum atomic E-state index is -1.71. The van der Waals surface area contributed by atoms with Gasteiger partial charge in [-0.1, -0.05) is 23.2 Å². The topological polar surface area (TPSA) is 64.5 Å². The van der Waals surface area contributed by atoms with E-state index < -0.39 is 5.79 Å². The molecule has 2 aromatic heterocycles. The van der Waals surface area contributed by atoms with E-state index >= 15 is 0 Å². The second-order valence-electron chi connectivity index (χ2n) is 5.52. The first kappa shape index (κ1) is 17.3. The number of benzene rings is 1. The summed E-state index contributed by atoms with van der Waals surface area (Å²) < 4.78 is 11.2. The molecule has 1 N–H and O–H groups in total. The van der Waals surface area contributed by atoms with Crippen LogP contribution in [0.5, 0.6) is 5.75 Å². The van der Waals surface area contributed by atoms with Crippen LogP contribution < -0.4 is 4.74 Å². The summed E-state index contributed by atoms with van der Waals surface area (Å²) >= 11 is 13.7. The van der Waals surface area contributed by atoms with Crippen LogP contribution in [-0.2, 0) is 10.5 Å². The first-order valence-electron chi connectivity index (χ1n) is 7.54. The summed E-state index contributed by atoms with van der Waals surface area (Å²) in [6, 6.07) is 5.33. The summed E-state index contributed by atoms with van der Waals surface area (Å²) in [5, 5.41) is 14.2. The van der Waals surface area contributed by atoms with Gasteiger partial charge in [-0.25, -0.2) is 4.98 Å². The molecule has 3 aromatic rings. The fourth-order valence-corrected chi connectivity index (χ4v) is 3.92. The number of hydrogen-bond donors (Lipinski definition) is 1. The molecule has 0 saturated carbocycles. The molecular formula is C18H12Cl2N2O3S. The predicted molar refractivity (Wildman–Crippen MR) is 101 cm³/mol. The Morgan fingerprint density at radius 1 is 1.27 bits per heavy atom. The van der Waals surface area contributed by atoms with Gasteiger partial charge in [0.25, 0.3) is 5.79 Å². The zero-order valence-corrected chi connectivity index (χ0v) is 15.8. The number of halogens is 2. The number of nitrogens with zero attached hydrogens (tertiary/aromatic N) is 2. The number of fused-ring (bicyclic) bond motifs is 1. The summed E-state index contributed by atoms with van der Waals surface area (Å²) in [4.78, 5) is 8.16. The molecule has 0 spiro atoms. The van der Waals surface area contributed by atoms with Gasteiger partial charge in [0, 0.05) is 40.7 Å². The molecule has 3 heterocycles. The first-order chi connectivity index (χ1) is 12.5. The van der Waals surface area contributed by atoms with Gasteiger partial charge < -0.3 is 14.6 Å². The van der Waals surface area contributed by atoms with Gasteiger partial charge in [-0.2, -0.15) is 0 Å². The van der Waals surface area contributed by atoms with E-state index in [1.165, 1.54) is 23.7 Å². The van der Waals surface area contributed by atoms with Crippen molar-refractivity contribution in [2.75, 3.05) is 7.11 Å². The average molecular weight is 407 g/mol. The van der Waals surface area contributed by atoms with Crippen molar-refractivity contribution in [2.24, 2.45) is 0 Å². The molecule has 132 valence electrons. The molecule has 0 saturated heterocycles. The number of hydrogen-bond acceptors (Lipinski definition) is 6. The lowest BCUT2D eigenvalue weighted by molar-refractivity contribution is -0.117. The molecule has 5 nitrogen and oxygen atoms in total. The Balaban J connectivity index is 1.91. The highest BCUT2D eigenvalue weighted by molar-refractivity contribution is 7.09. The van der Waals surface area contributed by atoms with Crippen LogP contribution in [0.1, 0.15) is 21.7 Å². The van der Waals surface area contributed by atoms with Crippen LogP contribution in [0.15, 0.2) is 42.2 Å². The maximum atomic E-state index is 11.3. The van der Waals surface area contributed by atoms with Crippen molar-refractivity contribution in [1.82, 2.24) is 9.97 Å². The van der Waals surface area contributed by atoms with Crippen molar-refractivity contribution in [3.05, 3.63) is 73.9 Å². The number of pyridine rings is 1. The Hall–Kier alpha value is -2.12. The Bertz CT molecular complexity index is 987. The van der Waals surface area contributed by atoms with Crippen molar-refractivity contribution < 1.29 is 14.6 Å². The Kier molecular flexibility index (Phi) is 4.36. The van der Waals surface area contributed by atoms with Crippen molar-refractivity contribution in [1.29, 1.82) is 0 Å². The molecule has 0 radical (unpaired) electrons. The molecule has 1 aliphatic heterocycles. The number of rotatable bonds is 3. The lowest BCUT2D eigenvalue weighted by Crippen LogP contribution is -2.25. The van der Waals surface area contributed by atoms with Crippen LogP contribution in [-0.4, -0.2) is 22.2 Å². The molecule has 1 unspecified atom stereocenters. The number of aliphatic hydroxyl groups is 1. The largest absolute Gasteiger partial charge is 0.497 e. The van der Waals surface area contributed by atoms with E-state index in [2.05, 4.69) is 9.97 Å². The second kappa shape index (κ2) is 6.55. The van der Waals surface area contributed by atoms with E-state index in [0.717, 1.165) is 0 Å². The van der Waals surface area contributed by atoms with Gasteiger partial charge in [-0.05, 0) is 24.3 Å². The molecule has 0 aliphatic carbocycles. The molecule has 0 amide bonds. The van der Waals surface area contributed by atoms with E-state index in [9.17, 15) is 5.11 Å². The molecule has 1 aliphatic rings. The van der Waals surface area contributed by atoms with Crippen molar-refractivity contribution in [3.63, 3.8) is 0 Å². The Morgan fingerprint density at radius 2 is 2.04 bits per heavy atom. The van der Waals surface area contributed by atoms with Crippen LogP contribution in [0.25, 0.3) is 11.8 Å². The summed E-state index contributed by atoms with van der Waals surface area (Å²) in [6.45, 7) is 0. The van der Waals surface area contributed by atoms with Crippen LogP contribution in [0.4, 0.5) is 0 Å². The molecule has 26 heavy (non-hydrogen) atoms. The number of ether oxygens (including phenoxy) is 2. The maximum Gasteiger partial charge on any atom is 0.289 e. The zero-order valence-electron chi connectivity index (χ0n) is 13.4. The maximum absolute atomic E-state index is 11.3. The van der Waals surface area contributed by atoms with Crippen LogP contribution in [0.2, 0.25) is 10.0 Å². The third-order valence-electron chi connectivity index (χ3n) is 4.00. The Morgan fingerprint density at radius 3 is 2.69 bits per heavy atom. The average Bonchev–Trinajstić information content (AvgIpc) is 3.26. The van der Waals surface area contributed by atoms with Gasteiger partial charge in [-0.3, -0.25) is 4.98 Å². The highest BCUT2D eigenvalue weighted by Crippen LogP contribution is 2.48. The van der Waals surface area contributed by atoms with Crippen LogP contribution in [0, 0.1) is 0 Å². The van der Waals surface area contributed by atoms with Crippen molar-refractivity contribution in [2.45, 2.75) is 5.79 Å². The van der Waals surface area contributed by atoms with E-state index in [1.807, 2.05) is 6.07 Å². The molecule has 8 heteroatoms. The molecule has 1 aromatic carbocycles. The fraction of sp³-hybridized carbons (Fsp3) is 0.111. The number of thiazole rings is 1. The third-order valence-corrected chi connectivity index (χ3v) is 5.47. The lowest BCUT2D eigenvalue weighted by atomic mass is 10.0. The van der Waals surface area contributed by atoms with Gasteiger partial charge in [0.15, 0.2) is 5.01 Å². The summed E-state index contributed by atoms with van der Waals surface area (Å²) in [5.74, 6) is -0.686. The van der Waals surface area contributed by atoms with Gasteiger partial charge >= 0.3 is 0 Å². The number of aromatic nitrogens is 2. The summed E-state index contributed by atoms with van der Waals surface area (Å²) in [6.07, 6.45) is 6.29. The number of methoxy groups -OCH3 is 1. The van der Waals surface area contributed by atoms with Crippen LogP contribution >= 0.6 is 34.5 Å². The Labute approximate surface area is 163 Å². The predicted octanol–water partition coefficient (Wildman–Crippen LogP) is 4.58. The fourth-order valence-electron chi connectivity index (χ4n) is 2.76. The minimum Gasteiger partial charge on any atom is -0.497 e. The smallest absolute Gasteiger partial charge is 0.289 e. The normalized spacial score (nSPS) is 20.1. The molecule has 4 rings (SSSR count). The molecule has 0 fully saturated rings. The van der Waals surface area contributed by atoms with E-state index in [0.29, 0.717) is 43.3 Å². The summed E-state index contributed by atoms with van der Waals surface area (Å²) in [5.41, 5.74) is 1.80. The van der Waals surface area contributed by atoms with E-state index in [-0.39, 0.29) is 0 Å². The monoisotopic (exact) mass is 406 g/mol. The van der Waals surface area contributed by atoms with Crippen LogP contribution in [0.3, 0.4) is 0 Å². The lowest BCUT2D eigenvalue weighted by Gasteiger charge is -2.21. The van der Waals surface area contributed by atoms with Crippen molar-refractivity contribution in [3.8, 4) is 5.75 Å². The first-order valence-corrected chi connectivity index (χ1v) is 9.17. The zero-order chi connectivity index (χ0) is 18.3. The quantitative estimate of drug-likeness (QED) is 0.689. The van der Waals surface area contributed by atoms with Crippen molar-refractivity contribution >= 4 is 46.4 Å². The third kappa shape index (κ3) is 2.75. The minimum absolute atomic E-state index is 0.383. The van der Waals surface area contributed by atoms with E-state index in [1.54, 1.807) is 36.9 Å². The highest BCUT2D eigenvalue weighted by atomic mass is 35.5. The highest BCUT2D eigenvalue weighted by Gasteiger charge is 2.46. The second-order valence-corrected chi connectivity index (χ2v) is 7.23. The standard InChI is InChI=1S/C18H12Cl2N2O3S/c1-24-10-2-3-11-13(6-10)18(23,17-22-4-5-26-17)25-16(11)7-12-14(19)8-21-9-15(12)20/h2-9,23H,1H3/b16-7+. The molecule has 1 atom stereocenters. The van der Waals surface area contributed by atoms with Gasteiger partial charge in [0.2, 0.25) is 0 Å². The van der Waals surface area contributed by atoms with Gasteiger partial charge in [0.1, 0.15) is 11.5 Å². The summed E-state index contributed by atoms with van der Waals surface area (Å²) in [7, 11) is 1.56. The van der Waals surface area contributed by atoms with Gasteiger partial charge in [0.05, 0.1) is 17.2 Å². The molecule has 0 bridgehead atoms. The van der Waals surface area contributed by atoms with E-state index in [4.69, 9.17) is 32.7 Å².